The number of hydrogen-bond donors (Lipinski definition) is 0. The number of hydrogen-bond acceptors (Lipinski definition) is 12. The van der Waals surface area contributed by atoms with Crippen LogP contribution in [0.5, 0.6) is 0 Å². The molecule has 19 heavy (non-hydrogen) atoms. The van der Waals surface area contributed by atoms with Crippen molar-refractivity contribution < 1.29 is 132 Å². The van der Waals surface area contributed by atoms with Crippen molar-refractivity contribution in [3.05, 3.63) is 0 Å². The van der Waals surface area contributed by atoms with E-state index < -0.39 is 23.5 Å². The molecule has 0 aromatic rings. The molecular weight excluding hydrogens is 451 g/mol. The van der Waals surface area contributed by atoms with Crippen LogP contribution in [0.1, 0.15) is 0 Å². The maximum atomic E-state index is 8.55. The summed E-state index contributed by atoms with van der Waals surface area (Å²) in [6, 6.07) is 0. The van der Waals surface area contributed by atoms with Gasteiger partial charge in [-0.1, -0.05) is 0 Å². The van der Waals surface area contributed by atoms with E-state index >= 15 is 0 Å². The van der Waals surface area contributed by atoms with Gasteiger partial charge in [0.2, 0.25) is 0 Å². The van der Waals surface area contributed by atoms with Crippen LogP contribution in [0, 0.1) is 0 Å². The van der Waals surface area contributed by atoms with Gasteiger partial charge in [0.1, 0.15) is 0 Å². The van der Waals surface area contributed by atoms with Crippen molar-refractivity contribution >= 4 is 23.5 Å². The predicted octanol–water partition coefficient (Wildman–Crippen LogP) is -11.5. The molecule has 0 aromatic carbocycles. The molecule has 107 valence electrons. The van der Waals surface area contributed by atoms with Crippen LogP contribution in [-0.4, -0.2) is 0 Å². The monoisotopic (exact) mass is 451 g/mol. The van der Waals surface area contributed by atoms with Crippen LogP contribution >= 0.6 is 23.5 Å². The maximum Gasteiger partial charge on any atom is 4.00 e. The Kier molecular flexibility index (Phi) is 42.4. The number of phosphoric acid groups is 3. The number of rotatable bonds is 0. The largest absolute Gasteiger partial charge is 4.00 e. The molecule has 0 aliphatic heterocycles. The summed E-state index contributed by atoms with van der Waals surface area (Å²) < 4.78 is 25.6. The van der Waals surface area contributed by atoms with Crippen LogP contribution in [0.4, 0.5) is 0 Å². The fourth-order valence-corrected chi connectivity index (χ4v) is 0. The van der Waals surface area contributed by atoms with Crippen molar-refractivity contribution in [3.8, 4) is 0 Å². The van der Waals surface area contributed by atoms with E-state index in [4.69, 9.17) is 57.7 Å². The van der Waals surface area contributed by atoms with E-state index in [-0.39, 0.29) is 74.7 Å². The Hall–Kier alpha value is 2.68. The Bertz CT molecular complexity index is 219. The second-order valence-corrected chi connectivity index (χ2v) is 4.02. The van der Waals surface area contributed by atoms with Crippen LogP contribution in [-0.2, 0) is 69.6 Å². The van der Waals surface area contributed by atoms with E-state index in [0.717, 1.165) is 0 Å². The molecule has 12 nitrogen and oxygen atoms in total. The molecule has 0 saturated heterocycles. The normalized spacial score (nSPS) is 9.32. The van der Waals surface area contributed by atoms with Gasteiger partial charge >= 0.3 is 74.7 Å². The molecule has 0 unspecified atom stereocenters. The minimum atomic E-state index is -5.39. The summed E-state index contributed by atoms with van der Waals surface area (Å²) in [6.07, 6.45) is 0. The van der Waals surface area contributed by atoms with E-state index in [1.165, 1.54) is 0 Å². The molecular formula is FeLiMnO12P3Ti. The Morgan fingerprint density at radius 3 is 0.526 bits per heavy atom. The smallest absolute Gasteiger partial charge is 0.822 e. The molecule has 0 atom stereocenters. The average molecular weight is 451 g/mol. The zero-order valence-corrected chi connectivity index (χ0v) is 15.0. The summed E-state index contributed by atoms with van der Waals surface area (Å²) >= 11 is 0. The molecule has 0 fully saturated rings. The van der Waals surface area contributed by atoms with Crippen molar-refractivity contribution in [2.45, 2.75) is 0 Å². The average Bonchev–Trinajstić information content (AvgIpc) is 1.41. The Morgan fingerprint density at radius 2 is 0.526 bits per heavy atom. The fourth-order valence-electron chi connectivity index (χ4n) is 0. The van der Waals surface area contributed by atoms with E-state index in [2.05, 4.69) is 0 Å². The maximum absolute atomic E-state index is 8.55. The van der Waals surface area contributed by atoms with E-state index in [1.807, 2.05) is 0 Å². The second-order valence-electron chi connectivity index (χ2n) is 1.34. The van der Waals surface area contributed by atoms with Gasteiger partial charge in [0, 0.05) is 0 Å². The van der Waals surface area contributed by atoms with Gasteiger partial charge in [-0.25, -0.2) is 0 Å². The van der Waals surface area contributed by atoms with E-state index in [1.54, 1.807) is 0 Å². The molecule has 0 aromatic heterocycles. The third kappa shape index (κ3) is 1000. The van der Waals surface area contributed by atoms with Crippen molar-refractivity contribution in [2.75, 3.05) is 0 Å². The van der Waals surface area contributed by atoms with Gasteiger partial charge in [-0.05, 0) is 0 Å². The van der Waals surface area contributed by atoms with E-state index in [9.17, 15) is 0 Å². The van der Waals surface area contributed by atoms with Crippen molar-refractivity contribution in [2.24, 2.45) is 0 Å². The van der Waals surface area contributed by atoms with E-state index in [0.29, 0.717) is 0 Å². The van der Waals surface area contributed by atoms with Crippen LogP contribution in [0.15, 0.2) is 0 Å². The van der Waals surface area contributed by atoms with Crippen LogP contribution < -0.4 is 62.9 Å². The Balaban J connectivity index is -0.0000000206. The molecule has 0 aliphatic rings. The van der Waals surface area contributed by atoms with Crippen LogP contribution in [0.25, 0.3) is 0 Å². The van der Waals surface area contributed by atoms with Gasteiger partial charge in [-0.3, -0.25) is 0 Å². The summed E-state index contributed by atoms with van der Waals surface area (Å²) in [5, 5.41) is 0. The van der Waals surface area contributed by atoms with Gasteiger partial charge in [0.15, 0.2) is 0 Å². The molecule has 19 heteroatoms. The summed E-state index contributed by atoms with van der Waals surface area (Å²) in [5.41, 5.74) is 0. The van der Waals surface area contributed by atoms with Crippen molar-refractivity contribution in [1.29, 1.82) is 0 Å². The molecule has 0 spiro atoms. The molecule has 0 N–H and O–H groups in total. The molecule has 1 radical (unpaired) electrons. The van der Waals surface area contributed by atoms with Gasteiger partial charge in [0.25, 0.3) is 0 Å². The first-order valence-corrected chi connectivity index (χ1v) is 6.57. The van der Waals surface area contributed by atoms with Crippen molar-refractivity contribution in [3.63, 3.8) is 0 Å². The second kappa shape index (κ2) is 18.7. The predicted molar refractivity (Wildman–Crippen MR) is 22.8 cm³/mol. The van der Waals surface area contributed by atoms with Gasteiger partial charge in [-0.15, -0.1) is 0 Å². The zero-order valence-electron chi connectivity index (χ0n) is 8.47. The summed E-state index contributed by atoms with van der Waals surface area (Å²) in [6.45, 7) is 0. The first-order valence-electron chi connectivity index (χ1n) is 2.19. The molecule has 0 amide bonds. The Labute approximate surface area is 155 Å². The summed E-state index contributed by atoms with van der Waals surface area (Å²) in [5.74, 6) is 0. The SMILES string of the molecule is O=P([O-])([O-])[O-].O=P([O-])([O-])[O-].O=P([O-])([O-])[O-].[Fe+2].[Li+].[Mn+2].[Ti+4]. The van der Waals surface area contributed by atoms with Crippen molar-refractivity contribution in [1.82, 2.24) is 0 Å². The van der Waals surface area contributed by atoms with Gasteiger partial charge in [0.05, 0.1) is 0 Å². The Morgan fingerprint density at radius 1 is 0.526 bits per heavy atom. The minimum absolute atomic E-state index is 0. The molecule has 0 rings (SSSR count). The fraction of sp³-hybridized carbons (Fsp3) is 0. The molecule has 0 aliphatic carbocycles. The molecule has 0 bridgehead atoms. The third-order valence-electron chi connectivity index (χ3n) is 0. The summed E-state index contributed by atoms with van der Waals surface area (Å²) in [7, 11) is -16.2. The zero-order chi connectivity index (χ0) is 13.5. The van der Waals surface area contributed by atoms with Crippen LogP contribution in [0.2, 0.25) is 0 Å². The quantitative estimate of drug-likeness (QED) is 0.246. The third-order valence-corrected chi connectivity index (χ3v) is 0. The minimum Gasteiger partial charge on any atom is -0.822 e. The molecule has 0 saturated carbocycles. The first-order chi connectivity index (χ1) is 6.00. The van der Waals surface area contributed by atoms with Gasteiger partial charge < -0.3 is 57.7 Å². The summed E-state index contributed by atoms with van der Waals surface area (Å²) in [4.78, 5) is 76.9. The first kappa shape index (κ1) is 43.0. The van der Waals surface area contributed by atoms with Crippen LogP contribution in [0.3, 0.4) is 0 Å². The van der Waals surface area contributed by atoms with Gasteiger partial charge in [-0.2, -0.15) is 23.5 Å². The molecule has 0 heterocycles. The standard InChI is InChI=1S/Fe.Li.Mn.3H3O4P.Ti/c;;;3*1-5(2,3)4;/h;;;3*(H3,1,2,3,4);/q+2;+1;+2;;;;+4/p-9. The topological polar surface area (TPSA) is 259 Å².